The lowest BCUT2D eigenvalue weighted by Crippen LogP contribution is -2.37. The molecular formula is C24H18BrN3O3. The maximum absolute atomic E-state index is 13.4. The molecule has 2 aliphatic rings. The van der Waals surface area contributed by atoms with Crippen LogP contribution >= 0.6 is 15.9 Å². The Morgan fingerprint density at radius 1 is 1.03 bits per heavy atom. The van der Waals surface area contributed by atoms with Gasteiger partial charge in [0.15, 0.2) is 0 Å². The first-order chi connectivity index (χ1) is 15.0. The zero-order valence-electron chi connectivity index (χ0n) is 16.4. The predicted octanol–water partition coefficient (Wildman–Crippen LogP) is 4.40. The minimum atomic E-state index is -0.319. The summed E-state index contributed by atoms with van der Waals surface area (Å²) in [6, 6.07) is 20.3. The molecule has 6 nitrogen and oxygen atoms in total. The predicted molar refractivity (Wildman–Crippen MR) is 121 cm³/mol. The van der Waals surface area contributed by atoms with E-state index in [-0.39, 0.29) is 29.6 Å². The van der Waals surface area contributed by atoms with E-state index in [1.807, 2.05) is 54.6 Å². The third-order valence-electron chi connectivity index (χ3n) is 6.40. The minimum Gasteiger partial charge on any atom is -0.493 e. The number of aromatic nitrogens is 2. The van der Waals surface area contributed by atoms with E-state index in [1.54, 1.807) is 21.6 Å². The molecule has 154 valence electrons. The van der Waals surface area contributed by atoms with Gasteiger partial charge < -0.3 is 10.0 Å². The second-order valence-corrected chi connectivity index (χ2v) is 8.98. The summed E-state index contributed by atoms with van der Waals surface area (Å²) < 4.78 is 3.89. The number of nitrogens with zero attached hydrogens (tertiary/aromatic N) is 3. The number of carbonyl (C=O) groups is 1. The molecule has 0 saturated carbocycles. The van der Waals surface area contributed by atoms with Gasteiger partial charge in [-0.15, -0.1) is 0 Å². The van der Waals surface area contributed by atoms with Crippen molar-refractivity contribution in [1.82, 2.24) is 14.0 Å². The van der Waals surface area contributed by atoms with Crippen molar-refractivity contribution < 1.29 is 9.90 Å². The molecule has 2 atom stereocenters. The Balaban J connectivity index is 1.47. The van der Waals surface area contributed by atoms with Crippen LogP contribution in [-0.4, -0.2) is 31.6 Å². The zero-order chi connectivity index (χ0) is 21.3. The van der Waals surface area contributed by atoms with Crippen LogP contribution in [0.3, 0.4) is 0 Å². The molecule has 0 spiro atoms. The van der Waals surface area contributed by atoms with E-state index in [0.29, 0.717) is 29.9 Å². The largest absolute Gasteiger partial charge is 0.493 e. The molecule has 2 unspecified atom stereocenters. The summed E-state index contributed by atoms with van der Waals surface area (Å²) in [7, 11) is 0. The SMILES string of the molecule is O=C(c1cccc(Br)c1)N1CC2CC1c1c(O)n(-c3cccc4ccccc34)c(=O)n12. The third kappa shape index (κ3) is 2.56. The number of carbonyl (C=O) groups excluding carboxylic acids is 1. The highest BCUT2D eigenvalue weighted by atomic mass is 79.9. The Morgan fingerprint density at radius 2 is 1.81 bits per heavy atom. The molecular weight excluding hydrogens is 458 g/mol. The van der Waals surface area contributed by atoms with Crippen LogP contribution in [0.2, 0.25) is 0 Å². The maximum atomic E-state index is 13.4. The molecule has 1 aromatic heterocycles. The van der Waals surface area contributed by atoms with E-state index >= 15 is 0 Å². The van der Waals surface area contributed by atoms with Crippen LogP contribution in [0.1, 0.15) is 34.6 Å². The number of aromatic hydroxyl groups is 1. The highest BCUT2D eigenvalue weighted by molar-refractivity contribution is 9.10. The molecule has 1 N–H and O–H groups in total. The van der Waals surface area contributed by atoms with Crippen molar-refractivity contribution in [2.75, 3.05) is 6.54 Å². The molecule has 1 amide bonds. The number of rotatable bonds is 2. The van der Waals surface area contributed by atoms with Crippen molar-refractivity contribution in [2.45, 2.75) is 18.5 Å². The van der Waals surface area contributed by atoms with Gasteiger partial charge in [-0.3, -0.25) is 9.36 Å². The number of halogens is 1. The first kappa shape index (κ1) is 18.4. The van der Waals surface area contributed by atoms with E-state index in [0.717, 1.165) is 15.2 Å². The molecule has 1 fully saturated rings. The Labute approximate surface area is 186 Å². The number of hydrogen-bond acceptors (Lipinski definition) is 3. The van der Waals surface area contributed by atoms with E-state index in [9.17, 15) is 14.7 Å². The Morgan fingerprint density at radius 3 is 2.65 bits per heavy atom. The van der Waals surface area contributed by atoms with Gasteiger partial charge in [-0.1, -0.05) is 58.4 Å². The molecule has 3 heterocycles. The van der Waals surface area contributed by atoms with E-state index in [4.69, 9.17) is 0 Å². The van der Waals surface area contributed by atoms with Crippen LogP contribution in [0, 0.1) is 0 Å². The van der Waals surface area contributed by atoms with Gasteiger partial charge in [0.1, 0.15) is 5.69 Å². The number of hydrogen-bond donors (Lipinski definition) is 1. The number of likely N-dealkylation sites (tertiary alicyclic amines) is 1. The molecule has 31 heavy (non-hydrogen) atoms. The van der Waals surface area contributed by atoms with Gasteiger partial charge in [-0.2, -0.15) is 0 Å². The monoisotopic (exact) mass is 475 g/mol. The summed E-state index contributed by atoms with van der Waals surface area (Å²) >= 11 is 3.42. The number of amides is 1. The number of imidazole rings is 1. The smallest absolute Gasteiger partial charge is 0.336 e. The molecule has 4 aromatic rings. The minimum absolute atomic E-state index is 0.0828. The fourth-order valence-corrected chi connectivity index (χ4v) is 5.48. The molecule has 6 rings (SSSR count). The Kier molecular flexibility index (Phi) is 3.92. The van der Waals surface area contributed by atoms with Gasteiger partial charge in [0, 0.05) is 22.0 Å². The van der Waals surface area contributed by atoms with Gasteiger partial charge in [-0.25, -0.2) is 9.36 Å². The lowest BCUT2D eigenvalue weighted by atomic mass is 10.1. The second kappa shape index (κ2) is 6.59. The first-order valence-corrected chi connectivity index (χ1v) is 10.9. The van der Waals surface area contributed by atoms with Gasteiger partial charge in [-0.05, 0) is 36.1 Å². The topological polar surface area (TPSA) is 67.5 Å². The van der Waals surface area contributed by atoms with E-state index < -0.39 is 0 Å². The third-order valence-corrected chi connectivity index (χ3v) is 6.89. The standard InChI is InChI=1S/C24H18BrN3O3/c25-16-8-3-7-15(11-16)22(29)26-13-17-12-20(26)21-23(30)28(24(31)27(17)21)19-10-4-6-14-5-1-2-9-18(14)19/h1-11,17,20,30H,12-13H2. The van der Waals surface area contributed by atoms with Crippen LogP contribution in [0.5, 0.6) is 5.88 Å². The zero-order valence-corrected chi connectivity index (χ0v) is 18.0. The average Bonchev–Trinajstić information content (AvgIpc) is 3.44. The van der Waals surface area contributed by atoms with Crippen LogP contribution in [0.25, 0.3) is 16.5 Å². The summed E-state index contributed by atoms with van der Waals surface area (Å²) in [4.78, 5) is 28.3. The van der Waals surface area contributed by atoms with Gasteiger partial charge >= 0.3 is 5.69 Å². The molecule has 3 aromatic carbocycles. The maximum Gasteiger partial charge on any atom is 0.336 e. The van der Waals surface area contributed by atoms with Crippen molar-refractivity contribution in [3.05, 3.63) is 92.9 Å². The summed E-state index contributed by atoms with van der Waals surface area (Å²) in [6.07, 6.45) is 0.647. The van der Waals surface area contributed by atoms with E-state index in [1.165, 1.54) is 4.57 Å². The van der Waals surface area contributed by atoms with Crippen molar-refractivity contribution in [3.63, 3.8) is 0 Å². The summed E-state index contributed by atoms with van der Waals surface area (Å²) in [5.74, 6) is -0.176. The molecule has 0 radical (unpaired) electrons. The highest BCUT2D eigenvalue weighted by Crippen LogP contribution is 2.49. The van der Waals surface area contributed by atoms with Crippen molar-refractivity contribution in [2.24, 2.45) is 0 Å². The fourth-order valence-electron chi connectivity index (χ4n) is 5.08. The lowest BCUT2D eigenvalue weighted by molar-refractivity contribution is 0.0711. The number of benzene rings is 3. The van der Waals surface area contributed by atoms with Crippen molar-refractivity contribution >= 4 is 32.6 Å². The van der Waals surface area contributed by atoms with Crippen LogP contribution in [0.15, 0.2) is 76.0 Å². The van der Waals surface area contributed by atoms with Gasteiger partial charge in [0.2, 0.25) is 5.88 Å². The molecule has 1 saturated heterocycles. The highest BCUT2D eigenvalue weighted by Gasteiger charge is 2.49. The van der Waals surface area contributed by atoms with Gasteiger partial charge in [0.05, 0.1) is 17.8 Å². The normalized spacial score (nSPS) is 19.2. The van der Waals surface area contributed by atoms with Crippen LogP contribution < -0.4 is 5.69 Å². The molecule has 0 aliphatic carbocycles. The Bertz CT molecular complexity index is 1430. The quantitative estimate of drug-likeness (QED) is 0.467. The van der Waals surface area contributed by atoms with E-state index in [2.05, 4.69) is 15.9 Å². The molecule has 2 aliphatic heterocycles. The molecule has 7 heteroatoms. The summed E-state index contributed by atoms with van der Waals surface area (Å²) in [6.45, 7) is 0.460. The first-order valence-electron chi connectivity index (χ1n) is 10.2. The van der Waals surface area contributed by atoms with Crippen molar-refractivity contribution in [3.8, 4) is 11.6 Å². The fraction of sp³-hybridized carbons (Fsp3) is 0.167. The van der Waals surface area contributed by atoms with Gasteiger partial charge in [0.25, 0.3) is 5.91 Å². The Hall–Kier alpha value is -3.32. The summed E-state index contributed by atoms with van der Waals surface area (Å²) in [5, 5.41) is 13.1. The number of fused-ring (bicyclic) bond motifs is 6. The molecule has 2 bridgehead atoms. The van der Waals surface area contributed by atoms with Crippen LogP contribution in [0.4, 0.5) is 0 Å². The van der Waals surface area contributed by atoms with Crippen molar-refractivity contribution in [1.29, 1.82) is 0 Å². The lowest BCUT2D eigenvalue weighted by Gasteiger charge is -2.27. The summed E-state index contributed by atoms with van der Waals surface area (Å²) in [5.41, 5.74) is 1.50. The second-order valence-electron chi connectivity index (χ2n) is 8.07. The van der Waals surface area contributed by atoms with Crippen LogP contribution in [-0.2, 0) is 0 Å². The average molecular weight is 476 g/mol.